The second kappa shape index (κ2) is 5.92. The molecule has 0 saturated carbocycles. The minimum atomic E-state index is 0.589. The summed E-state index contributed by atoms with van der Waals surface area (Å²) < 4.78 is 5.75. The summed E-state index contributed by atoms with van der Waals surface area (Å²) in [6, 6.07) is 8.31. The Hall–Kier alpha value is -1.22. The maximum Gasteiger partial charge on any atom is 0.142 e. The van der Waals surface area contributed by atoms with E-state index in [1.807, 2.05) is 6.07 Å². The van der Waals surface area contributed by atoms with E-state index < -0.39 is 0 Å². The van der Waals surface area contributed by atoms with Crippen LogP contribution in [0.5, 0.6) is 5.75 Å². The fourth-order valence-corrected chi connectivity index (χ4v) is 2.12. The molecule has 3 heteroatoms. The van der Waals surface area contributed by atoms with Gasteiger partial charge in [0.1, 0.15) is 5.75 Å². The zero-order valence-electron chi connectivity index (χ0n) is 10.6. The molecular weight excluding hydrogens is 212 g/mol. The molecule has 0 saturated heterocycles. The fourth-order valence-electron chi connectivity index (χ4n) is 2.12. The Morgan fingerprint density at radius 2 is 2.24 bits per heavy atom. The van der Waals surface area contributed by atoms with Gasteiger partial charge in [-0.2, -0.15) is 0 Å². The predicted molar refractivity (Wildman–Crippen MR) is 71.6 cm³/mol. The van der Waals surface area contributed by atoms with Gasteiger partial charge >= 0.3 is 0 Å². The second-order valence-electron chi connectivity index (χ2n) is 4.79. The zero-order valence-corrected chi connectivity index (χ0v) is 10.6. The van der Waals surface area contributed by atoms with Crippen LogP contribution in [0.1, 0.15) is 19.8 Å². The molecular formula is C14H22N2O. The van der Waals surface area contributed by atoms with Crippen LogP contribution in [0, 0.1) is 5.92 Å². The number of anilines is 1. The minimum Gasteiger partial charge on any atom is -0.491 e. The maximum atomic E-state index is 5.75. The van der Waals surface area contributed by atoms with E-state index >= 15 is 0 Å². The van der Waals surface area contributed by atoms with Gasteiger partial charge in [0, 0.05) is 13.1 Å². The second-order valence-corrected chi connectivity index (χ2v) is 4.79. The predicted octanol–water partition coefficient (Wildman–Crippen LogP) is 2.26. The number of benzene rings is 1. The van der Waals surface area contributed by atoms with E-state index in [2.05, 4.69) is 30.0 Å². The quantitative estimate of drug-likeness (QED) is 0.868. The lowest BCUT2D eigenvalue weighted by Crippen LogP contribution is -2.27. The Balaban J connectivity index is 2.06. The molecule has 0 aliphatic carbocycles. The van der Waals surface area contributed by atoms with Crippen molar-refractivity contribution < 1.29 is 4.74 Å². The monoisotopic (exact) mass is 234 g/mol. The summed E-state index contributed by atoms with van der Waals surface area (Å²) in [6.07, 6.45) is 2.23. The van der Waals surface area contributed by atoms with E-state index in [1.54, 1.807) is 0 Å². The minimum absolute atomic E-state index is 0.589. The molecule has 94 valence electrons. The molecule has 1 aliphatic rings. The van der Waals surface area contributed by atoms with E-state index in [1.165, 1.54) is 5.69 Å². The number of fused-ring (bicyclic) bond motifs is 1. The number of ether oxygens (including phenoxy) is 1. The first-order valence-electron chi connectivity index (χ1n) is 6.48. The van der Waals surface area contributed by atoms with Crippen molar-refractivity contribution in [1.29, 1.82) is 0 Å². The normalized spacial score (nSPS) is 16.9. The summed E-state index contributed by atoms with van der Waals surface area (Å²) in [5.74, 6) is 1.61. The molecule has 1 atom stereocenters. The van der Waals surface area contributed by atoms with Crippen LogP contribution in [-0.4, -0.2) is 26.2 Å². The van der Waals surface area contributed by atoms with Crippen LogP contribution in [0.2, 0.25) is 0 Å². The number of para-hydroxylation sites is 2. The molecule has 0 fully saturated rings. The van der Waals surface area contributed by atoms with Crippen molar-refractivity contribution in [3.05, 3.63) is 24.3 Å². The summed E-state index contributed by atoms with van der Waals surface area (Å²) in [6.45, 7) is 5.94. The van der Waals surface area contributed by atoms with Gasteiger partial charge in [0.15, 0.2) is 0 Å². The number of nitrogens with zero attached hydrogens (tertiary/aromatic N) is 1. The van der Waals surface area contributed by atoms with E-state index in [9.17, 15) is 0 Å². The molecule has 2 N–H and O–H groups in total. The van der Waals surface area contributed by atoms with E-state index in [0.717, 1.165) is 44.8 Å². The lowest BCUT2D eigenvalue weighted by atomic mass is 10.1. The first kappa shape index (κ1) is 12.2. The summed E-state index contributed by atoms with van der Waals surface area (Å²) in [5, 5.41) is 0. The van der Waals surface area contributed by atoms with Gasteiger partial charge in [-0.3, -0.25) is 0 Å². The molecule has 17 heavy (non-hydrogen) atoms. The third-order valence-electron chi connectivity index (χ3n) is 3.33. The van der Waals surface area contributed by atoms with Crippen LogP contribution >= 0.6 is 0 Å². The summed E-state index contributed by atoms with van der Waals surface area (Å²) in [4.78, 5) is 2.43. The van der Waals surface area contributed by atoms with Gasteiger partial charge in [0.2, 0.25) is 0 Å². The van der Waals surface area contributed by atoms with Crippen molar-refractivity contribution in [1.82, 2.24) is 0 Å². The summed E-state index contributed by atoms with van der Waals surface area (Å²) >= 11 is 0. The topological polar surface area (TPSA) is 38.5 Å². The summed E-state index contributed by atoms with van der Waals surface area (Å²) in [5.41, 5.74) is 6.90. The van der Waals surface area contributed by atoms with Gasteiger partial charge < -0.3 is 15.4 Å². The van der Waals surface area contributed by atoms with Gasteiger partial charge in [0.25, 0.3) is 0 Å². The molecule has 2 rings (SSSR count). The Bertz CT molecular complexity index is 354. The molecule has 1 heterocycles. The number of hydrogen-bond acceptors (Lipinski definition) is 3. The van der Waals surface area contributed by atoms with Crippen molar-refractivity contribution in [2.75, 3.05) is 31.1 Å². The van der Waals surface area contributed by atoms with Crippen LogP contribution in [0.4, 0.5) is 5.69 Å². The van der Waals surface area contributed by atoms with Crippen molar-refractivity contribution >= 4 is 5.69 Å². The van der Waals surface area contributed by atoms with Gasteiger partial charge in [0.05, 0.1) is 12.3 Å². The molecule has 0 spiro atoms. The van der Waals surface area contributed by atoms with Crippen molar-refractivity contribution in [3.8, 4) is 5.75 Å². The molecule has 1 aliphatic heterocycles. The highest BCUT2D eigenvalue weighted by atomic mass is 16.5. The number of hydrogen-bond donors (Lipinski definition) is 1. The molecule has 0 radical (unpaired) electrons. The average molecular weight is 234 g/mol. The van der Waals surface area contributed by atoms with Crippen molar-refractivity contribution in [2.45, 2.75) is 19.8 Å². The van der Waals surface area contributed by atoms with Crippen molar-refractivity contribution in [2.24, 2.45) is 11.7 Å². The van der Waals surface area contributed by atoms with E-state index in [4.69, 9.17) is 10.5 Å². The van der Waals surface area contributed by atoms with Gasteiger partial charge in [-0.25, -0.2) is 0 Å². The smallest absolute Gasteiger partial charge is 0.142 e. The first-order valence-corrected chi connectivity index (χ1v) is 6.48. The van der Waals surface area contributed by atoms with Crippen LogP contribution < -0.4 is 15.4 Å². The van der Waals surface area contributed by atoms with Gasteiger partial charge in [-0.15, -0.1) is 0 Å². The van der Waals surface area contributed by atoms with Crippen LogP contribution in [0.15, 0.2) is 24.3 Å². The molecule has 1 aromatic rings. The summed E-state index contributed by atoms with van der Waals surface area (Å²) in [7, 11) is 0. The largest absolute Gasteiger partial charge is 0.491 e. The third kappa shape index (κ3) is 3.13. The number of rotatable bonds is 4. The highest BCUT2D eigenvalue weighted by molar-refractivity contribution is 5.58. The van der Waals surface area contributed by atoms with Gasteiger partial charge in [-0.05, 0) is 37.4 Å². The molecule has 0 bridgehead atoms. The van der Waals surface area contributed by atoms with Gasteiger partial charge in [-0.1, -0.05) is 19.1 Å². The van der Waals surface area contributed by atoms with E-state index in [0.29, 0.717) is 5.92 Å². The SMILES string of the molecule is CC(CN)CCN1CCCOc2ccccc21. The fraction of sp³-hybridized carbons (Fsp3) is 0.571. The van der Waals surface area contributed by atoms with Crippen LogP contribution in [0.25, 0.3) is 0 Å². The Morgan fingerprint density at radius 1 is 1.41 bits per heavy atom. The van der Waals surface area contributed by atoms with Crippen LogP contribution in [-0.2, 0) is 0 Å². The van der Waals surface area contributed by atoms with Crippen LogP contribution in [0.3, 0.4) is 0 Å². The molecule has 0 aromatic heterocycles. The highest BCUT2D eigenvalue weighted by Gasteiger charge is 2.15. The Morgan fingerprint density at radius 3 is 3.06 bits per heavy atom. The Labute approximate surface area is 104 Å². The highest BCUT2D eigenvalue weighted by Crippen LogP contribution is 2.30. The molecule has 1 unspecified atom stereocenters. The third-order valence-corrected chi connectivity index (χ3v) is 3.33. The zero-order chi connectivity index (χ0) is 12.1. The maximum absolute atomic E-state index is 5.75. The molecule has 0 amide bonds. The first-order chi connectivity index (χ1) is 8.31. The Kier molecular flexibility index (Phi) is 4.26. The average Bonchev–Trinajstić information content (AvgIpc) is 2.58. The molecule has 1 aromatic carbocycles. The lowest BCUT2D eigenvalue weighted by molar-refractivity contribution is 0.322. The molecule has 3 nitrogen and oxygen atoms in total. The standard InChI is InChI=1S/C14H22N2O/c1-12(11-15)7-9-16-8-4-10-17-14-6-3-2-5-13(14)16/h2-3,5-6,12H,4,7-11,15H2,1H3. The van der Waals surface area contributed by atoms with E-state index in [-0.39, 0.29) is 0 Å². The van der Waals surface area contributed by atoms with Crippen molar-refractivity contribution in [3.63, 3.8) is 0 Å². The number of nitrogens with two attached hydrogens (primary N) is 1. The lowest BCUT2D eigenvalue weighted by Gasteiger charge is -2.25.